The summed E-state index contributed by atoms with van der Waals surface area (Å²) in [6.45, 7) is 3.14. The molecule has 2 rings (SSSR count). The normalized spacial score (nSPS) is 16.2. The van der Waals surface area contributed by atoms with E-state index in [-0.39, 0.29) is 23.3 Å². The molecule has 1 heterocycles. The average Bonchev–Trinajstić information content (AvgIpc) is 2.61. The van der Waals surface area contributed by atoms with Gasteiger partial charge in [-0.2, -0.15) is 0 Å². The van der Waals surface area contributed by atoms with Gasteiger partial charge in [0.05, 0.1) is 19.1 Å². The van der Waals surface area contributed by atoms with E-state index in [2.05, 4.69) is 0 Å². The second kappa shape index (κ2) is 5.87. The molecule has 0 amide bonds. The smallest absolute Gasteiger partial charge is 0.306 e. The van der Waals surface area contributed by atoms with Crippen molar-refractivity contribution in [2.24, 2.45) is 5.92 Å². The molecule has 0 fully saturated rings. The van der Waals surface area contributed by atoms with Crippen LogP contribution in [0.2, 0.25) is 0 Å². The summed E-state index contributed by atoms with van der Waals surface area (Å²) < 4.78 is 38.5. The molecule has 1 aliphatic heterocycles. The average molecular weight is 300 g/mol. The lowest BCUT2D eigenvalue weighted by Crippen LogP contribution is -2.17. The first-order valence-corrected chi connectivity index (χ1v) is 6.82. The molecule has 6 heteroatoms. The predicted octanol–water partition coefficient (Wildman–Crippen LogP) is 3.22. The summed E-state index contributed by atoms with van der Waals surface area (Å²) in [6.07, 6.45) is 0.693. The van der Waals surface area contributed by atoms with Gasteiger partial charge >= 0.3 is 5.97 Å². The Kier molecular flexibility index (Phi) is 4.34. The number of benzene rings is 1. The van der Waals surface area contributed by atoms with Gasteiger partial charge in [0.25, 0.3) is 5.92 Å². The maximum Gasteiger partial charge on any atom is 0.306 e. The Bertz CT molecular complexity index is 537. The van der Waals surface area contributed by atoms with E-state index in [4.69, 9.17) is 14.6 Å². The molecular formula is C15H18F2O4. The maximum atomic E-state index is 13.8. The number of carboxylic acids is 1. The summed E-state index contributed by atoms with van der Waals surface area (Å²) in [5.41, 5.74) is 0.0708. The molecule has 1 N–H and O–H groups in total. The van der Waals surface area contributed by atoms with Crippen LogP contribution >= 0.6 is 0 Å². The number of rotatable bonds is 4. The Morgan fingerprint density at radius 3 is 2.43 bits per heavy atom. The van der Waals surface area contributed by atoms with Gasteiger partial charge in [-0.25, -0.2) is 8.78 Å². The second-order valence-corrected chi connectivity index (χ2v) is 5.34. The van der Waals surface area contributed by atoms with E-state index in [1.807, 2.05) is 0 Å². The lowest BCUT2D eigenvalue weighted by molar-refractivity contribution is -0.141. The Morgan fingerprint density at radius 2 is 1.90 bits per heavy atom. The van der Waals surface area contributed by atoms with E-state index in [0.717, 1.165) is 6.92 Å². The topological polar surface area (TPSA) is 55.8 Å². The number of carboxylic acid groups (broad SMARTS) is 1. The highest BCUT2D eigenvalue weighted by Crippen LogP contribution is 2.40. The summed E-state index contributed by atoms with van der Waals surface area (Å²) in [6, 6.07) is 2.75. The number of fused-ring (bicyclic) bond motifs is 1. The van der Waals surface area contributed by atoms with Crippen molar-refractivity contribution in [3.63, 3.8) is 0 Å². The van der Waals surface area contributed by atoms with E-state index in [1.165, 1.54) is 19.1 Å². The minimum Gasteiger partial charge on any atom is -0.490 e. The zero-order valence-corrected chi connectivity index (χ0v) is 12.0. The fourth-order valence-corrected chi connectivity index (χ4v) is 2.25. The van der Waals surface area contributed by atoms with E-state index in [1.54, 1.807) is 0 Å². The number of carbonyl (C=O) groups is 1. The fourth-order valence-electron chi connectivity index (χ4n) is 2.25. The third kappa shape index (κ3) is 3.62. The Morgan fingerprint density at radius 1 is 1.33 bits per heavy atom. The van der Waals surface area contributed by atoms with E-state index < -0.39 is 17.8 Å². The van der Waals surface area contributed by atoms with Gasteiger partial charge in [0.15, 0.2) is 11.5 Å². The molecule has 0 bridgehead atoms. The van der Waals surface area contributed by atoms with Crippen molar-refractivity contribution in [3.8, 4) is 11.5 Å². The molecule has 1 unspecified atom stereocenters. The van der Waals surface area contributed by atoms with Crippen LogP contribution in [0.25, 0.3) is 0 Å². The third-order valence-corrected chi connectivity index (χ3v) is 3.39. The number of hydrogen-bond acceptors (Lipinski definition) is 3. The van der Waals surface area contributed by atoms with Crippen LogP contribution in [0.1, 0.15) is 31.4 Å². The first-order chi connectivity index (χ1) is 9.79. The highest BCUT2D eigenvalue weighted by Gasteiger charge is 2.31. The Balaban J connectivity index is 2.45. The van der Waals surface area contributed by atoms with Crippen LogP contribution in [0.3, 0.4) is 0 Å². The highest BCUT2D eigenvalue weighted by molar-refractivity contribution is 5.70. The Hall–Kier alpha value is -1.85. The molecule has 0 aromatic heterocycles. The van der Waals surface area contributed by atoms with Crippen LogP contribution in [0.5, 0.6) is 11.5 Å². The van der Waals surface area contributed by atoms with Crippen LogP contribution in [-0.4, -0.2) is 24.3 Å². The first-order valence-electron chi connectivity index (χ1n) is 6.82. The minimum absolute atomic E-state index is 0.0186. The molecule has 0 spiro atoms. The van der Waals surface area contributed by atoms with Crippen molar-refractivity contribution in [2.75, 3.05) is 13.2 Å². The van der Waals surface area contributed by atoms with Crippen LogP contribution in [-0.2, 0) is 17.1 Å². The molecule has 4 nitrogen and oxygen atoms in total. The molecule has 0 radical (unpaired) electrons. The largest absolute Gasteiger partial charge is 0.490 e. The second-order valence-electron chi connectivity index (χ2n) is 5.34. The Labute approximate surface area is 121 Å². The van der Waals surface area contributed by atoms with Crippen molar-refractivity contribution in [3.05, 3.63) is 23.3 Å². The van der Waals surface area contributed by atoms with Crippen molar-refractivity contribution in [1.29, 1.82) is 0 Å². The SMILES string of the molecule is CC(Cc1cc2c(cc1C(C)(F)F)OCCCO2)C(=O)O. The maximum absolute atomic E-state index is 13.8. The quantitative estimate of drug-likeness (QED) is 0.927. The summed E-state index contributed by atoms with van der Waals surface area (Å²) in [5.74, 6) is -4.16. The van der Waals surface area contributed by atoms with Crippen molar-refractivity contribution in [2.45, 2.75) is 32.6 Å². The molecule has 0 saturated heterocycles. The van der Waals surface area contributed by atoms with E-state index in [9.17, 15) is 13.6 Å². The molecule has 0 aliphatic carbocycles. The third-order valence-electron chi connectivity index (χ3n) is 3.39. The number of hydrogen-bond donors (Lipinski definition) is 1. The van der Waals surface area contributed by atoms with E-state index in [0.29, 0.717) is 25.4 Å². The van der Waals surface area contributed by atoms with Crippen LogP contribution in [0.15, 0.2) is 12.1 Å². The molecule has 1 aromatic carbocycles. The molecule has 1 aliphatic rings. The monoisotopic (exact) mass is 300 g/mol. The zero-order chi connectivity index (χ0) is 15.6. The van der Waals surface area contributed by atoms with Gasteiger partial charge in [-0.3, -0.25) is 4.79 Å². The molecule has 1 aromatic rings. The van der Waals surface area contributed by atoms with E-state index >= 15 is 0 Å². The predicted molar refractivity (Wildman–Crippen MR) is 72.1 cm³/mol. The van der Waals surface area contributed by atoms with Crippen molar-refractivity contribution in [1.82, 2.24) is 0 Å². The van der Waals surface area contributed by atoms with Gasteiger partial charge in [-0.05, 0) is 24.1 Å². The summed E-state index contributed by atoms with van der Waals surface area (Å²) >= 11 is 0. The highest BCUT2D eigenvalue weighted by atomic mass is 19.3. The lowest BCUT2D eigenvalue weighted by Gasteiger charge is -2.20. The number of alkyl halides is 2. The standard InChI is InChI=1S/C15H18F2O4/c1-9(14(18)19)6-10-7-12-13(21-5-3-4-20-12)8-11(10)15(2,16)17/h7-9H,3-6H2,1-2H3,(H,18,19). The summed E-state index contributed by atoms with van der Waals surface area (Å²) in [4.78, 5) is 11.0. The molecule has 0 saturated carbocycles. The van der Waals surface area contributed by atoms with Crippen LogP contribution in [0, 0.1) is 5.92 Å². The molecule has 1 atom stereocenters. The van der Waals surface area contributed by atoms with Gasteiger partial charge in [-0.1, -0.05) is 6.92 Å². The van der Waals surface area contributed by atoms with Gasteiger partial charge < -0.3 is 14.6 Å². The molecule has 21 heavy (non-hydrogen) atoms. The molecule has 116 valence electrons. The number of halogens is 2. The molecular weight excluding hydrogens is 282 g/mol. The van der Waals surface area contributed by atoms with Gasteiger partial charge in [0.1, 0.15) is 0 Å². The van der Waals surface area contributed by atoms with Crippen molar-refractivity contribution >= 4 is 5.97 Å². The fraction of sp³-hybridized carbons (Fsp3) is 0.533. The van der Waals surface area contributed by atoms with Crippen molar-refractivity contribution < 1.29 is 28.2 Å². The van der Waals surface area contributed by atoms with Gasteiger partial charge in [0, 0.05) is 18.9 Å². The van der Waals surface area contributed by atoms with Crippen LogP contribution in [0.4, 0.5) is 8.78 Å². The first kappa shape index (κ1) is 15.5. The minimum atomic E-state index is -3.07. The summed E-state index contributed by atoms with van der Waals surface area (Å²) in [5, 5.41) is 8.98. The van der Waals surface area contributed by atoms with Crippen LogP contribution < -0.4 is 9.47 Å². The number of ether oxygens (including phenoxy) is 2. The summed E-state index contributed by atoms with van der Waals surface area (Å²) in [7, 11) is 0. The van der Waals surface area contributed by atoms with Gasteiger partial charge in [-0.15, -0.1) is 0 Å². The zero-order valence-electron chi connectivity index (χ0n) is 12.0. The van der Waals surface area contributed by atoms with Gasteiger partial charge in [0.2, 0.25) is 0 Å². The number of aliphatic carboxylic acids is 1. The lowest BCUT2D eigenvalue weighted by atomic mass is 9.93.